The molecule has 2 aromatic heterocycles. The van der Waals surface area contributed by atoms with Crippen molar-refractivity contribution in [2.75, 3.05) is 23.4 Å². The summed E-state index contributed by atoms with van der Waals surface area (Å²) in [6.07, 6.45) is 3.83. The smallest absolute Gasteiger partial charge is 0.324 e. The highest BCUT2D eigenvalue weighted by molar-refractivity contribution is 5.94. The number of hydrazine groups is 1. The van der Waals surface area contributed by atoms with Crippen LogP contribution in [0.3, 0.4) is 0 Å². The molecule has 0 radical (unpaired) electrons. The Morgan fingerprint density at radius 3 is 2.62 bits per heavy atom. The summed E-state index contributed by atoms with van der Waals surface area (Å²) < 4.78 is 0. The number of nitrogens with zero attached hydrogens (tertiary/aromatic N) is 7. The van der Waals surface area contributed by atoms with E-state index in [4.69, 9.17) is 10.5 Å². The number of rotatable bonds is 7. The van der Waals surface area contributed by atoms with Gasteiger partial charge in [0.2, 0.25) is 11.6 Å². The van der Waals surface area contributed by atoms with Crippen LogP contribution in [0.15, 0.2) is 30.9 Å². The van der Waals surface area contributed by atoms with E-state index in [-0.39, 0.29) is 30.3 Å². The van der Waals surface area contributed by atoms with E-state index in [0.29, 0.717) is 0 Å². The van der Waals surface area contributed by atoms with Gasteiger partial charge in [-0.1, -0.05) is 0 Å². The maximum absolute atomic E-state index is 12.0. The van der Waals surface area contributed by atoms with E-state index < -0.39 is 16.5 Å². The van der Waals surface area contributed by atoms with Crippen LogP contribution in [0.1, 0.15) is 10.4 Å². The summed E-state index contributed by atoms with van der Waals surface area (Å²) in [5, 5.41) is 29.1. The Hall–Kier alpha value is -4.32. The van der Waals surface area contributed by atoms with Gasteiger partial charge in [-0.2, -0.15) is 10.5 Å². The maximum Gasteiger partial charge on any atom is 0.355 e. The van der Waals surface area contributed by atoms with Crippen LogP contribution >= 0.6 is 0 Å². The molecule has 2 heterocycles. The van der Waals surface area contributed by atoms with E-state index in [1.165, 1.54) is 18.5 Å². The second kappa shape index (κ2) is 8.51. The molecule has 0 saturated carbocycles. The molecule has 130 valence electrons. The number of nitrogens with one attached hydrogen (secondary N) is 2. The van der Waals surface area contributed by atoms with Gasteiger partial charge in [0.05, 0.1) is 22.6 Å². The number of amides is 1. The van der Waals surface area contributed by atoms with Crippen molar-refractivity contribution in [1.29, 1.82) is 10.5 Å². The summed E-state index contributed by atoms with van der Waals surface area (Å²) in [6, 6.07) is 6.67. The maximum atomic E-state index is 12.0. The quantitative estimate of drug-likeness (QED) is 0.402. The Morgan fingerprint density at radius 1 is 1.31 bits per heavy atom. The van der Waals surface area contributed by atoms with Crippen molar-refractivity contribution in [3.8, 4) is 12.1 Å². The average molecular weight is 353 g/mol. The molecular formula is C14H11N9O3. The van der Waals surface area contributed by atoms with Crippen LogP contribution in [-0.4, -0.2) is 38.9 Å². The van der Waals surface area contributed by atoms with Crippen LogP contribution in [0.25, 0.3) is 0 Å². The highest BCUT2D eigenvalue weighted by atomic mass is 16.6. The molecule has 0 aromatic carbocycles. The first-order valence-corrected chi connectivity index (χ1v) is 7.03. The third-order valence-corrected chi connectivity index (χ3v) is 3.03. The van der Waals surface area contributed by atoms with E-state index in [2.05, 4.69) is 25.8 Å². The molecule has 0 aliphatic rings. The molecule has 0 bridgehead atoms. The zero-order valence-corrected chi connectivity index (χ0v) is 13.2. The number of carbonyl (C=O) groups excluding carboxylic acids is 1. The standard InChI is InChI=1S/C14H11N9O3/c15-3-6-22(7-4-16)13-11(23(25)26)12(18-9-19-13)20-21-14(24)10-2-1-5-17-8-10/h1-2,5,8-9H,6-7H2,(H,21,24)(H,18,19,20). The molecule has 0 aliphatic heterocycles. The third-order valence-electron chi connectivity index (χ3n) is 3.03. The molecule has 0 unspecified atom stereocenters. The van der Waals surface area contributed by atoms with Gasteiger partial charge >= 0.3 is 5.69 Å². The minimum atomic E-state index is -0.768. The molecule has 0 spiro atoms. The van der Waals surface area contributed by atoms with Crippen LogP contribution in [0.5, 0.6) is 0 Å². The van der Waals surface area contributed by atoms with Gasteiger partial charge in [0.25, 0.3) is 5.91 Å². The van der Waals surface area contributed by atoms with E-state index in [1.807, 2.05) is 0 Å². The zero-order chi connectivity index (χ0) is 18.9. The Labute approximate surface area is 146 Å². The molecular weight excluding hydrogens is 342 g/mol. The third kappa shape index (κ3) is 4.15. The first-order chi connectivity index (χ1) is 12.6. The summed E-state index contributed by atoms with van der Waals surface area (Å²) >= 11 is 0. The fourth-order valence-corrected chi connectivity index (χ4v) is 1.92. The molecule has 0 fully saturated rings. The number of pyridine rings is 1. The number of carbonyl (C=O) groups is 1. The summed E-state index contributed by atoms with van der Waals surface area (Å²) in [5.74, 6) is -1.09. The first-order valence-electron chi connectivity index (χ1n) is 7.03. The van der Waals surface area contributed by atoms with Crippen LogP contribution in [-0.2, 0) is 0 Å². The predicted molar refractivity (Wildman–Crippen MR) is 87.5 cm³/mol. The van der Waals surface area contributed by atoms with Gasteiger partial charge < -0.3 is 4.90 Å². The molecule has 0 saturated heterocycles. The summed E-state index contributed by atoms with van der Waals surface area (Å²) in [7, 11) is 0. The molecule has 2 aromatic rings. The summed E-state index contributed by atoms with van der Waals surface area (Å²) in [4.78, 5) is 35.1. The monoisotopic (exact) mass is 353 g/mol. The first kappa shape index (κ1) is 18.0. The van der Waals surface area contributed by atoms with E-state index in [0.717, 1.165) is 11.2 Å². The summed E-state index contributed by atoms with van der Waals surface area (Å²) in [6.45, 7) is -0.570. The molecule has 0 atom stereocenters. The molecule has 0 aliphatic carbocycles. The van der Waals surface area contributed by atoms with Crippen molar-refractivity contribution in [3.63, 3.8) is 0 Å². The van der Waals surface area contributed by atoms with E-state index in [9.17, 15) is 14.9 Å². The molecule has 26 heavy (non-hydrogen) atoms. The number of anilines is 2. The fraction of sp³-hybridized carbons (Fsp3) is 0.143. The Bertz CT molecular complexity index is 873. The molecule has 1 amide bonds. The van der Waals surface area contributed by atoms with Gasteiger partial charge in [0.1, 0.15) is 19.4 Å². The topological polar surface area (TPSA) is 174 Å². The van der Waals surface area contributed by atoms with Gasteiger partial charge in [0, 0.05) is 12.4 Å². The second-order valence-electron chi connectivity index (χ2n) is 4.64. The second-order valence-corrected chi connectivity index (χ2v) is 4.64. The number of nitriles is 2. The van der Waals surface area contributed by atoms with Crippen molar-refractivity contribution < 1.29 is 9.72 Å². The number of hydrogen-bond acceptors (Lipinski definition) is 10. The van der Waals surface area contributed by atoms with E-state index >= 15 is 0 Å². The lowest BCUT2D eigenvalue weighted by atomic mass is 10.3. The lowest BCUT2D eigenvalue weighted by molar-refractivity contribution is -0.383. The zero-order valence-electron chi connectivity index (χ0n) is 13.2. The number of hydrogen-bond donors (Lipinski definition) is 2. The Morgan fingerprint density at radius 2 is 2.04 bits per heavy atom. The fourth-order valence-electron chi connectivity index (χ4n) is 1.92. The van der Waals surface area contributed by atoms with Crippen molar-refractivity contribution >= 4 is 23.2 Å². The van der Waals surface area contributed by atoms with Crippen molar-refractivity contribution in [3.05, 3.63) is 46.5 Å². The molecule has 12 nitrogen and oxygen atoms in total. The normalized spacial score (nSPS) is 9.46. The molecule has 2 rings (SSSR count). The van der Waals surface area contributed by atoms with Crippen LogP contribution in [0.2, 0.25) is 0 Å². The van der Waals surface area contributed by atoms with Gasteiger partial charge in [-0.15, -0.1) is 0 Å². The SMILES string of the molecule is N#CCN(CC#N)c1ncnc(NNC(=O)c2cccnc2)c1[N+](=O)[O-]. The van der Waals surface area contributed by atoms with Gasteiger partial charge in [-0.25, -0.2) is 9.97 Å². The van der Waals surface area contributed by atoms with Crippen molar-refractivity contribution in [1.82, 2.24) is 20.4 Å². The summed E-state index contributed by atoms with van der Waals surface area (Å²) in [5.41, 5.74) is 4.28. The van der Waals surface area contributed by atoms with Crippen LogP contribution in [0, 0.1) is 32.8 Å². The number of aromatic nitrogens is 3. The Kier molecular flexibility index (Phi) is 5.90. The lowest BCUT2D eigenvalue weighted by Gasteiger charge is -2.17. The minimum absolute atomic E-state index is 0.216. The molecule has 2 N–H and O–H groups in total. The van der Waals surface area contributed by atoms with Gasteiger partial charge in [-0.3, -0.25) is 30.7 Å². The van der Waals surface area contributed by atoms with Crippen LogP contribution < -0.4 is 15.8 Å². The lowest BCUT2D eigenvalue weighted by Crippen LogP contribution is -2.31. The highest BCUT2D eigenvalue weighted by Gasteiger charge is 2.27. The Balaban J connectivity index is 2.30. The van der Waals surface area contributed by atoms with Crippen molar-refractivity contribution in [2.45, 2.75) is 0 Å². The highest BCUT2D eigenvalue weighted by Crippen LogP contribution is 2.31. The van der Waals surface area contributed by atoms with Crippen molar-refractivity contribution in [2.24, 2.45) is 0 Å². The van der Waals surface area contributed by atoms with Crippen LogP contribution in [0.4, 0.5) is 17.3 Å². The van der Waals surface area contributed by atoms with E-state index in [1.54, 1.807) is 18.2 Å². The predicted octanol–water partition coefficient (Wildman–Crippen LogP) is 0.390. The van der Waals surface area contributed by atoms with Gasteiger partial charge in [0.15, 0.2) is 0 Å². The molecule has 12 heteroatoms. The van der Waals surface area contributed by atoms with Gasteiger partial charge in [-0.05, 0) is 12.1 Å². The average Bonchev–Trinajstić information content (AvgIpc) is 2.66. The minimum Gasteiger partial charge on any atom is -0.324 e. The largest absolute Gasteiger partial charge is 0.355 e. The number of nitro groups is 1.